The van der Waals surface area contributed by atoms with Crippen LogP contribution in [0.5, 0.6) is 5.75 Å². The van der Waals surface area contributed by atoms with Gasteiger partial charge in [0.25, 0.3) is 0 Å². The van der Waals surface area contributed by atoms with Crippen LogP contribution in [0.3, 0.4) is 0 Å². The lowest BCUT2D eigenvalue weighted by molar-refractivity contribution is -0.146. The summed E-state index contributed by atoms with van der Waals surface area (Å²) in [4.78, 5) is 12.0. The largest absolute Gasteiger partial charge is 0.489 e. The van der Waals surface area contributed by atoms with Crippen molar-refractivity contribution in [1.29, 1.82) is 0 Å². The maximum atomic E-state index is 12.0. The van der Waals surface area contributed by atoms with Crippen molar-refractivity contribution in [2.45, 2.75) is 51.0 Å². The van der Waals surface area contributed by atoms with Crippen LogP contribution in [-0.4, -0.2) is 18.2 Å². The van der Waals surface area contributed by atoms with E-state index in [0.29, 0.717) is 18.3 Å². The van der Waals surface area contributed by atoms with Crippen molar-refractivity contribution < 1.29 is 18.8 Å². The SMILES string of the molecule is COC(=O)C(C)(C)c1cccc(OCc2conc2C2CCC2)c1. The van der Waals surface area contributed by atoms with Crippen molar-refractivity contribution in [2.75, 3.05) is 7.11 Å². The Kier molecular flexibility index (Phi) is 4.60. The van der Waals surface area contributed by atoms with Gasteiger partial charge in [0.1, 0.15) is 18.6 Å². The number of carbonyl (C=O) groups excluding carboxylic acids is 1. The van der Waals surface area contributed by atoms with Crippen LogP contribution in [0.1, 0.15) is 55.8 Å². The van der Waals surface area contributed by atoms with Gasteiger partial charge in [0.05, 0.1) is 23.8 Å². The summed E-state index contributed by atoms with van der Waals surface area (Å²) in [6.45, 7) is 4.09. The molecule has 0 N–H and O–H groups in total. The summed E-state index contributed by atoms with van der Waals surface area (Å²) in [5, 5.41) is 4.13. The third-order valence-corrected chi connectivity index (χ3v) is 4.81. The number of benzene rings is 1. The smallest absolute Gasteiger partial charge is 0.315 e. The molecule has 3 rings (SSSR count). The molecule has 1 aromatic carbocycles. The second-order valence-corrected chi connectivity index (χ2v) is 6.79. The molecule has 1 saturated carbocycles. The molecule has 1 aliphatic carbocycles. The first-order valence-corrected chi connectivity index (χ1v) is 8.27. The number of aromatic nitrogens is 1. The number of hydrogen-bond donors (Lipinski definition) is 0. The van der Waals surface area contributed by atoms with Gasteiger partial charge in [-0.15, -0.1) is 0 Å². The maximum absolute atomic E-state index is 12.0. The molecule has 0 unspecified atom stereocenters. The first-order valence-electron chi connectivity index (χ1n) is 8.27. The highest BCUT2D eigenvalue weighted by Crippen LogP contribution is 2.37. The molecule has 0 amide bonds. The molecule has 5 nitrogen and oxygen atoms in total. The normalized spacial score (nSPS) is 15.0. The Morgan fingerprint density at radius 2 is 2.17 bits per heavy atom. The van der Waals surface area contributed by atoms with Crippen molar-refractivity contribution >= 4 is 5.97 Å². The first kappa shape index (κ1) is 16.6. The second kappa shape index (κ2) is 6.67. The van der Waals surface area contributed by atoms with E-state index in [9.17, 15) is 4.79 Å². The van der Waals surface area contributed by atoms with Crippen LogP contribution in [0, 0.1) is 0 Å². The average Bonchev–Trinajstić information content (AvgIpc) is 2.98. The zero-order valence-electron chi connectivity index (χ0n) is 14.4. The third-order valence-electron chi connectivity index (χ3n) is 4.81. The molecule has 2 aromatic rings. The van der Waals surface area contributed by atoms with Crippen molar-refractivity contribution in [2.24, 2.45) is 0 Å². The van der Waals surface area contributed by atoms with Crippen molar-refractivity contribution in [3.05, 3.63) is 47.3 Å². The number of carbonyl (C=O) groups is 1. The quantitative estimate of drug-likeness (QED) is 0.750. The molecule has 1 aromatic heterocycles. The summed E-state index contributed by atoms with van der Waals surface area (Å²) in [6.07, 6.45) is 5.25. The summed E-state index contributed by atoms with van der Waals surface area (Å²) in [5.74, 6) is 0.947. The van der Waals surface area contributed by atoms with Gasteiger partial charge in [0.15, 0.2) is 0 Å². The van der Waals surface area contributed by atoms with Gasteiger partial charge < -0.3 is 14.0 Å². The number of methoxy groups -OCH3 is 1. The predicted octanol–water partition coefficient (Wildman–Crippen LogP) is 3.97. The summed E-state index contributed by atoms with van der Waals surface area (Å²) in [5.41, 5.74) is 2.16. The van der Waals surface area contributed by atoms with Gasteiger partial charge in [-0.1, -0.05) is 23.7 Å². The molecule has 1 aliphatic rings. The Bertz CT molecular complexity index is 716. The predicted molar refractivity (Wildman–Crippen MR) is 88.9 cm³/mol. The van der Waals surface area contributed by atoms with E-state index in [0.717, 1.165) is 16.8 Å². The number of ether oxygens (including phenoxy) is 2. The lowest BCUT2D eigenvalue weighted by Crippen LogP contribution is -2.30. The van der Waals surface area contributed by atoms with Crippen molar-refractivity contribution in [3.63, 3.8) is 0 Å². The highest BCUT2D eigenvalue weighted by atomic mass is 16.5. The van der Waals surface area contributed by atoms with E-state index in [-0.39, 0.29) is 5.97 Å². The molecule has 0 radical (unpaired) electrons. The Morgan fingerprint density at radius 3 is 2.83 bits per heavy atom. The van der Waals surface area contributed by atoms with Gasteiger partial charge in [0, 0.05) is 5.92 Å². The average molecular weight is 329 g/mol. The van der Waals surface area contributed by atoms with Gasteiger partial charge in [-0.25, -0.2) is 0 Å². The van der Waals surface area contributed by atoms with E-state index < -0.39 is 5.41 Å². The van der Waals surface area contributed by atoms with Gasteiger partial charge in [-0.2, -0.15) is 0 Å². The van der Waals surface area contributed by atoms with Crippen LogP contribution in [0.15, 0.2) is 35.1 Å². The van der Waals surface area contributed by atoms with E-state index in [2.05, 4.69) is 5.16 Å². The van der Waals surface area contributed by atoms with E-state index in [1.807, 2.05) is 38.1 Å². The molecular formula is C19H23NO4. The third kappa shape index (κ3) is 3.16. The van der Waals surface area contributed by atoms with E-state index in [4.69, 9.17) is 14.0 Å². The summed E-state index contributed by atoms with van der Waals surface area (Å²) < 4.78 is 15.9. The molecule has 0 spiro atoms. The topological polar surface area (TPSA) is 61.6 Å². The molecule has 0 bridgehead atoms. The van der Waals surface area contributed by atoms with Crippen LogP contribution < -0.4 is 4.74 Å². The minimum absolute atomic E-state index is 0.272. The molecule has 5 heteroatoms. The van der Waals surface area contributed by atoms with Crippen LogP contribution >= 0.6 is 0 Å². The fourth-order valence-corrected chi connectivity index (χ4v) is 2.90. The molecule has 1 heterocycles. The minimum Gasteiger partial charge on any atom is -0.489 e. The highest BCUT2D eigenvalue weighted by Gasteiger charge is 2.31. The van der Waals surface area contributed by atoms with E-state index >= 15 is 0 Å². The molecule has 1 fully saturated rings. The van der Waals surface area contributed by atoms with Crippen molar-refractivity contribution in [1.82, 2.24) is 5.16 Å². The molecule has 0 saturated heterocycles. The number of hydrogen-bond acceptors (Lipinski definition) is 5. The van der Waals surface area contributed by atoms with Crippen LogP contribution in [0.25, 0.3) is 0 Å². The zero-order chi connectivity index (χ0) is 17.2. The van der Waals surface area contributed by atoms with E-state index in [1.54, 1.807) is 6.26 Å². The molecule has 128 valence electrons. The van der Waals surface area contributed by atoms with Crippen LogP contribution in [0.4, 0.5) is 0 Å². The van der Waals surface area contributed by atoms with Gasteiger partial charge in [-0.05, 0) is 44.4 Å². The molecule has 0 atom stereocenters. The Balaban J connectivity index is 1.71. The monoisotopic (exact) mass is 329 g/mol. The number of esters is 1. The van der Waals surface area contributed by atoms with Gasteiger partial charge in [0.2, 0.25) is 0 Å². The maximum Gasteiger partial charge on any atom is 0.315 e. The summed E-state index contributed by atoms with van der Waals surface area (Å²) in [6, 6.07) is 7.56. The lowest BCUT2D eigenvalue weighted by Gasteiger charge is -2.24. The van der Waals surface area contributed by atoms with Crippen LogP contribution in [-0.2, 0) is 21.6 Å². The first-order chi connectivity index (χ1) is 11.5. The fraction of sp³-hybridized carbons (Fsp3) is 0.474. The van der Waals surface area contributed by atoms with Crippen molar-refractivity contribution in [3.8, 4) is 5.75 Å². The standard InChI is InChI=1S/C19H23NO4/c1-19(2,18(21)22-3)15-8-5-9-16(10-15)23-11-14-12-24-20-17(14)13-6-4-7-13/h5,8-10,12-13H,4,6-7,11H2,1-3H3. The van der Waals surface area contributed by atoms with Gasteiger partial charge >= 0.3 is 5.97 Å². The van der Waals surface area contributed by atoms with Crippen LogP contribution in [0.2, 0.25) is 0 Å². The summed E-state index contributed by atoms with van der Waals surface area (Å²) >= 11 is 0. The molecule has 0 aliphatic heterocycles. The Hall–Kier alpha value is -2.30. The number of nitrogens with zero attached hydrogens (tertiary/aromatic N) is 1. The zero-order valence-corrected chi connectivity index (χ0v) is 14.4. The van der Waals surface area contributed by atoms with E-state index in [1.165, 1.54) is 26.4 Å². The molecule has 24 heavy (non-hydrogen) atoms. The lowest BCUT2D eigenvalue weighted by atomic mass is 9.82. The second-order valence-electron chi connectivity index (χ2n) is 6.79. The Morgan fingerprint density at radius 1 is 1.38 bits per heavy atom. The Labute approximate surface area is 141 Å². The minimum atomic E-state index is -0.720. The van der Waals surface area contributed by atoms with Gasteiger partial charge in [-0.3, -0.25) is 4.79 Å². The summed E-state index contributed by atoms with van der Waals surface area (Å²) in [7, 11) is 1.40. The number of rotatable bonds is 6. The molecular weight excluding hydrogens is 306 g/mol. The highest BCUT2D eigenvalue weighted by molar-refractivity contribution is 5.82. The fourth-order valence-electron chi connectivity index (χ4n) is 2.90.